The molecule has 0 aromatic heterocycles. The molecule has 0 radical (unpaired) electrons. The number of unbranched alkanes of at least 4 members (excludes halogenated alkanes) is 44. The topological polar surface area (TPSA) is 237 Å². The van der Waals surface area contributed by atoms with Crippen molar-refractivity contribution in [3.05, 3.63) is 0 Å². The molecule has 91 heavy (non-hydrogen) atoms. The molecule has 0 saturated carbocycles. The zero-order chi connectivity index (χ0) is 67.0. The van der Waals surface area contributed by atoms with E-state index in [0.717, 1.165) is 96.3 Å². The van der Waals surface area contributed by atoms with Crippen LogP contribution in [0.5, 0.6) is 0 Å². The lowest BCUT2D eigenvalue weighted by Gasteiger charge is -2.21. The van der Waals surface area contributed by atoms with Crippen LogP contribution in [0.25, 0.3) is 0 Å². The Labute approximate surface area is 556 Å². The molecule has 0 saturated heterocycles. The summed E-state index contributed by atoms with van der Waals surface area (Å²) in [6, 6.07) is 0. The minimum atomic E-state index is -4.95. The van der Waals surface area contributed by atoms with Crippen LogP contribution in [0.4, 0.5) is 0 Å². The Balaban J connectivity index is 5.15. The lowest BCUT2D eigenvalue weighted by molar-refractivity contribution is -0.161. The van der Waals surface area contributed by atoms with Crippen molar-refractivity contribution >= 4 is 39.5 Å². The normalized spacial score (nSPS) is 14.0. The molecule has 0 fully saturated rings. The van der Waals surface area contributed by atoms with Crippen molar-refractivity contribution in [3.8, 4) is 0 Å². The van der Waals surface area contributed by atoms with E-state index < -0.39 is 97.5 Å². The van der Waals surface area contributed by atoms with Gasteiger partial charge in [-0.15, -0.1) is 0 Å². The van der Waals surface area contributed by atoms with Gasteiger partial charge in [0.15, 0.2) is 12.2 Å². The highest BCUT2D eigenvalue weighted by atomic mass is 31.2. The van der Waals surface area contributed by atoms with Gasteiger partial charge >= 0.3 is 39.5 Å². The Kier molecular flexibility index (Phi) is 64.0. The summed E-state index contributed by atoms with van der Waals surface area (Å²) >= 11 is 0. The molecule has 0 aliphatic rings. The number of esters is 4. The van der Waals surface area contributed by atoms with Crippen LogP contribution in [0, 0.1) is 5.92 Å². The predicted molar refractivity (Wildman–Crippen MR) is 368 cm³/mol. The zero-order valence-corrected chi connectivity index (χ0v) is 60.8. The molecule has 3 N–H and O–H groups in total. The summed E-state index contributed by atoms with van der Waals surface area (Å²) in [5.41, 5.74) is 0. The zero-order valence-electron chi connectivity index (χ0n) is 59.0. The number of hydrogen-bond donors (Lipinski definition) is 3. The number of rotatable bonds is 72. The van der Waals surface area contributed by atoms with Gasteiger partial charge in [0.1, 0.15) is 19.3 Å². The number of aliphatic hydroxyl groups is 1. The van der Waals surface area contributed by atoms with Crippen LogP contribution in [-0.2, 0) is 65.4 Å². The Morgan fingerprint density at radius 2 is 0.505 bits per heavy atom. The van der Waals surface area contributed by atoms with E-state index in [1.807, 2.05) is 0 Å². The van der Waals surface area contributed by atoms with E-state index in [1.165, 1.54) is 193 Å². The second-order valence-corrected chi connectivity index (χ2v) is 29.4. The first kappa shape index (κ1) is 89.1. The fourth-order valence-electron chi connectivity index (χ4n) is 11.0. The summed E-state index contributed by atoms with van der Waals surface area (Å²) in [5.74, 6) is -1.44. The van der Waals surface area contributed by atoms with Gasteiger partial charge < -0.3 is 33.8 Å². The smallest absolute Gasteiger partial charge is 0.462 e. The molecule has 0 aromatic rings. The van der Waals surface area contributed by atoms with Gasteiger partial charge in [-0.25, -0.2) is 9.13 Å². The Morgan fingerprint density at radius 3 is 0.747 bits per heavy atom. The van der Waals surface area contributed by atoms with Crippen molar-refractivity contribution in [2.75, 3.05) is 39.6 Å². The molecule has 0 bridgehead atoms. The molecule has 0 aliphatic heterocycles. The number of phosphoric ester groups is 2. The molecule has 0 rings (SSSR count). The average molecular weight is 1340 g/mol. The molecule has 0 aromatic carbocycles. The van der Waals surface area contributed by atoms with Gasteiger partial charge in [0.2, 0.25) is 0 Å². The van der Waals surface area contributed by atoms with Crippen molar-refractivity contribution in [1.29, 1.82) is 0 Å². The van der Waals surface area contributed by atoms with Crippen molar-refractivity contribution in [2.24, 2.45) is 5.92 Å². The number of carbonyl (C=O) groups is 4. The third kappa shape index (κ3) is 66.5. The van der Waals surface area contributed by atoms with Gasteiger partial charge in [-0.1, -0.05) is 324 Å². The quantitative estimate of drug-likeness (QED) is 0.0222. The van der Waals surface area contributed by atoms with Gasteiger partial charge in [-0.3, -0.25) is 37.3 Å². The molecule has 2 unspecified atom stereocenters. The number of aliphatic hydroxyl groups excluding tert-OH is 1. The van der Waals surface area contributed by atoms with E-state index in [2.05, 4.69) is 34.6 Å². The maximum absolute atomic E-state index is 13.0. The van der Waals surface area contributed by atoms with Crippen LogP contribution in [0.2, 0.25) is 0 Å². The van der Waals surface area contributed by atoms with Gasteiger partial charge in [-0.2, -0.15) is 0 Å². The van der Waals surface area contributed by atoms with E-state index in [4.69, 9.17) is 37.0 Å². The molecule has 19 heteroatoms. The van der Waals surface area contributed by atoms with E-state index in [0.29, 0.717) is 31.6 Å². The molecule has 17 nitrogen and oxygen atoms in total. The second kappa shape index (κ2) is 65.4. The number of carbonyl (C=O) groups excluding carboxylic acids is 4. The van der Waals surface area contributed by atoms with Gasteiger partial charge in [0.25, 0.3) is 0 Å². The largest absolute Gasteiger partial charge is 0.472 e. The van der Waals surface area contributed by atoms with Crippen LogP contribution in [0.1, 0.15) is 375 Å². The van der Waals surface area contributed by atoms with Crippen LogP contribution in [-0.4, -0.2) is 96.7 Å². The Bertz CT molecular complexity index is 1750. The SMILES string of the molecule is CCCCCCCCCCCCCCCCCCCCCCCC(=O)O[C@H](COC(=O)CCCCCCCCCCCCC)COP(=O)(O)OC[C@@H](O)COP(=O)(O)OC[C@@H](COC(=O)CCCCCCCCC(C)C)OC(=O)CCCCCCCCCCCC. The van der Waals surface area contributed by atoms with E-state index in [-0.39, 0.29) is 25.7 Å². The summed E-state index contributed by atoms with van der Waals surface area (Å²) in [5, 5.41) is 10.6. The third-order valence-electron chi connectivity index (χ3n) is 16.8. The lowest BCUT2D eigenvalue weighted by atomic mass is 10.0. The highest BCUT2D eigenvalue weighted by Crippen LogP contribution is 2.45. The lowest BCUT2D eigenvalue weighted by Crippen LogP contribution is -2.30. The third-order valence-corrected chi connectivity index (χ3v) is 18.7. The van der Waals surface area contributed by atoms with Crippen molar-refractivity contribution in [1.82, 2.24) is 0 Å². The monoisotopic (exact) mass is 1340 g/mol. The van der Waals surface area contributed by atoms with E-state index in [9.17, 15) is 43.2 Å². The average Bonchev–Trinajstić information content (AvgIpc) is 3.48. The second-order valence-electron chi connectivity index (χ2n) is 26.5. The first-order valence-electron chi connectivity index (χ1n) is 37.6. The minimum absolute atomic E-state index is 0.106. The van der Waals surface area contributed by atoms with Crippen molar-refractivity contribution < 1.29 is 80.2 Å². The van der Waals surface area contributed by atoms with Gasteiger partial charge in [0.05, 0.1) is 26.4 Å². The molecule has 5 atom stereocenters. The molecular weight excluding hydrogens is 1200 g/mol. The fourth-order valence-corrected chi connectivity index (χ4v) is 12.6. The molecule has 0 amide bonds. The van der Waals surface area contributed by atoms with Crippen LogP contribution in [0.15, 0.2) is 0 Å². The maximum atomic E-state index is 13.0. The molecule has 540 valence electrons. The molecule has 0 heterocycles. The summed E-state index contributed by atoms with van der Waals surface area (Å²) in [4.78, 5) is 72.5. The van der Waals surface area contributed by atoms with E-state index >= 15 is 0 Å². The fraction of sp³-hybridized carbons (Fsp3) is 0.944. The summed E-state index contributed by atoms with van der Waals surface area (Å²) < 4.78 is 68.2. The summed E-state index contributed by atoms with van der Waals surface area (Å²) in [7, 11) is -9.90. The van der Waals surface area contributed by atoms with Gasteiger partial charge in [0, 0.05) is 25.7 Å². The first-order valence-corrected chi connectivity index (χ1v) is 40.6. The Morgan fingerprint density at radius 1 is 0.297 bits per heavy atom. The minimum Gasteiger partial charge on any atom is -0.462 e. The number of ether oxygens (including phenoxy) is 4. The Hall–Kier alpha value is -1.94. The standard InChI is InChI=1S/C72H140O17P2/c1-6-9-12-15-18-21-24-25-26-27-28-29-30-31-32-33-35-38-41-48-53-58-72(77)88-67(61-82-69(74)55-50-45-39-37-34-22-19-16-13-10-7-2)63-86-90(78,79)84-59-66(73)60-85-91(80,81)87-64-68(62-83-70(75)56-51-46-43-42-44-49-54-65(4)5)89-71(76)57-52-47-40-36-23-20-17-14-11-8-3/h65-68,73H,6-64H2,1-5H3,(H,78,79)(H,80,81)/t66-,67-,68-/m1/s1. The van der Waals surface area contributed by atoms with Crippen LogP contribution >= 0.6 is 15.6 Å². The highest BCUT2D eigenvalue weighted by Gasteiger charge is 2.30. The molecule has 0 aliphatic carbocycles. The summed E-state index contributed by atoms with van der Waals surface area (Å²) in [6.07, 6.45) is 53.0. The van der Waals surface area contributed by atoms with Gasteiger partial charge in [-0.05, 0) is 31.6 Å². The molecular formula is C72H140O17P2. The predicted octanol–water partition coefficient (Wildman–Crippen LogP) is 20.9. The summed E-state index contributed by atoms with van der Waals surface area (Å²) in [6.45, 7) is 7.16. The molecule has 0 spiro atoms. The highest BCUT2D eigenvalue weighted by molar-refractivity contribution is 7.47. The van der Waals surface area contributed by atoms with Crippen molar-refractivity contribution in [2.45, 2.75) is 393 Å². The van der Waals surface area contributed by atoms with Crippen molar-refractivity contribution in [3.63, 3.8) is 0 Å². The number of phosphoric acid groups is 2. The van der Waals surface area contributed by atoms with E-state index in [1.54, 1.807) is 0 Å². The van der Waals surface area contributed by atoms with Crippen LogP contribution < -0.4 is 0 Å². The van der Waals surface area contributed by atoms with Crippen LogP contribution in [0.3, 0.4) is 0 Å². The first-order chi connectivity index (χ1) is 44.0. The maximum Gasteiger partial charge on any atom is 0.472 e. The number of hydrogen-bond acceptors (Lipinski definition) is 15.